The summed E-state index contributed by atoms with van der Waals surface area (Å²) in [6.45, 7) is 4.77. The first-order valence-electron chi connectivity index (χ1n) is 6.32. The first-order chi connectivity index (χ1) is 8.58. The van der Waals surface area contributed by atoms with E-state index in [4.69, 9.17) is 5.84 Å². The average molecular weight is 248 g/mol. The van der Waals surface area contributed by atoms with E-state index >= 15 is 0 Å². The SMILES string of the molecule is CCC1(CNC(=O)c2cc(C)nc(NN)c2)CC1. The van der Waals surface area contributed by atoms with Gasteiger partial charge in [-0.25, -0.2) is 10.8 Å². The second-order valence-electron chi connectivity index (χ2n) is 5.06. The summed E-state index contributed by atoms with van der Waals surface area (Å²) in [5.74, 6) is 5.77. The van der Waals surface area contributed by atoms with E-state index in [1.54, 1.807) is 12.1 Å². The normalized spacial score (nSPS) is 16.2. The Kier molecular flexibility index (Phi) is 3.52. The zero-order valence-corrected chi connectivity index (χ0v) is 10.9. The van der Waals surface area contributed by atoms with Gasteiger partial charge in [-0.1, -0.05) is 6.92 Å². The van der Waals surface area contributed by atoms with Gasteiger partial charge in [0.25, 0.3) is 5.91 Å². The molecule has 0 spiro atoms. The van der Waals surface area contributed by atoms with Crippen LogP contribution < -0.4 is 16.6 Å². The fourth-order valence-electron chi connectivity index (χ4n) is 2.08. The van der Waals surface area contributed by atoms with E-state index in [2.05, 4.69) is 22.7 Å². The lowest BCUT2D eigenvalue weighted by atomic mass is 10.0. The van der Waals surface area contributed by atoms with Crippen LogP contribution in [0.4, 0.5) is 5.82 Å². The Morgan fingerprint density at radius 2 is 2.22 bits per heavy atom. The minimum Gasteiger partial charge on any atom is -0.351 e. The van der Waals surface area contributed by atoms with Gasteiger partial charge in [0.15, 0.2) is 0 Å². The first-order valence-corrected chi connectivity index (χ1v) is 6.32. The molecule has 5 nitrogen and oxygen atoms in total. The first kappa shape index (κ1) is 12.8. The molecule has 1 saturated carbocycles. The van der Waals surface area contributed by atoms with Crippen molar-refractivity contribution in [2.45, 2.75) is 33.1 Å². The Morgan fingerprint density at radius 3 is 2.78 bits per heavy atom. The molecule has 5 heteroatoms. The maximum atomic E-state index is 12.0. The van der Waals surface area contributed by atoms with Gasteiger partial charge in [0.1, 0.15) is 5.82 Å². The van der Waals surface area contributed by atoms with Gasteiger partial charge in [0.05, 0.1) is 0 Å². The topological polar surface area (TPSA) is 80.0 Å². The summed E-state index contributed by atoms with van der Waals surface area (Å²) in [6, 6.07) is 3.43. The second kappa shape index (κ2) is 4.94. The van der Waals surface area contributed by atoms with E-state index in [0.717, 1.165) is 18.7 Å². The molecule has 1 aliphatic rings. The zero-order valence-electron chi connectivity index (χ0n) is 10.9. The molecular formula is C13H20N4O. The molecule has 0 unspecified atom stereocenters. The van der Waals surface area contributed by atoms with E-state index in [9.17, 15) is 4.79 Å². The zero-order chi connectivity index (χ0) is 13.2. The number of nitrogens with zero attached hydrogens (tertiary/aromatic N) is 1. The molecule has 98 valence electrons. The van der Waals surface area contributed by atoms with Crippen LogP contribution >= 0.6 is 0 Å². The van der Waals surface area contributed by atoms with Crippen molar-refractivity contribution in [1.82, 2.24) is 10.3 Å². The molecule has 2 rings (SSSR count). The van der Waals surface area contributed by atoms with Crippen molar-refractivity contribution in [1.29, 1.82) is 0 Å². The standard InChI is InChI=1S/C13H20N4O/c1-3-13(4-5-13)8-15-12(18)10-6-9(2)16-11(7-10)17-14/h6-7H,3-5,8,14H2,1-2H3,(H,15,18)(H,16,17). The monoisotopic (exact) mass is 248 g/mol. The maximum Gasteiger partial charge on any atom is 0.251 e. The number of carbonyl (C=O) groups is 1. The number of aryl methyl sites for hydroxylation is 1. The number of hydrazine groups is 1. The minimum atomic E-state index is -0.0586. The Hall–Kier alpha value is -1.62. The van der Waals surface area contributed by atoms with Gasteiger partial charge in [-0.05, 0) is 43.7 Å². The van der Waals surface area contributed by atoms with Crippen LogP contribution in [0, 0.1) is 12.3 Å². The molecule has 0 aliphatic heterocycles. The second-order valence-corrected chi connectivity index (χ2v) is 5.06. The van der Waals surface area contributed by atoms with Crippen molar-refractivity contribution < 1.29 is 4.79 Å². The summed E-state index contributed by atoms with van der Waals surface area (Å²) < 4.78 is 0. The van der Waals surface area contributed by atoms with Crippen LogP contribution in [0.25, 0.3) is 0 Å². The van der Waals surface area contributed by atoms with E-state index < -0.39 is 0 Å². The Balaban J connectivity index is 2.02. The number of rotatable bonds is 5. The van der Waals surface area contributed by atoms with Crippen LogP contribution in [0.15, 0.2) is 12.1 Å². The Morgan fingerprint density at radius 1 is 1.50 bits per heavy atom. The van der Waals surface area contributed by atoms with E-state index in [1.807, 2.05) is 6.92 Å². The molecule has 0 atom stereocenters. The quantitative estimate of drug-likeness (QED) is 0.546. The summed E-state index contributed by atoms with van der Waals surface area (Å²) in [5, 5.41) is 3.00. The average Bonchev–Trinajstić information content (AvgIpc) is 3.16. The number of pyridine rings is 1. The Labute approximate surface area is 107 Å². The van der Waals surface area contributed by atoms with Gasteiger partial charge < -0.3 is 10.7 Å². The highest BCUT2D eigenvalue weighted by molar-refractivity contribution is 5.95. The number of hydrogen-bond donors (Lipinski definition) is 3. The molecule has 1 amide bonds. The number of amides is 1. The van der Waals surface area contributed by atoms with E-state index in [1.165, 1.54) is 12.8 Å². The van der Waals surface area contributed by atoms with Crippen molar-refractivity contribution in [2.75, 3.05) is 12.0 Å². The third-order valence-electron chi connectivity index (χ3n) is 3.69. The molecule has 0 aromatic carbocycles. The summed E-state index contributed by atoms with van der Waals surface area (Å²) in [7, 11) is 0. The number of anilines is 1. The molecular weight excluding hydrogens is 228 g/mol. The lowest BCUT2D eigenvalue weighted by Crippen LogP contribution is -2.30. The Bertz CT molecular complexity index is 454. The lowest BCUT2D eigenvalue weighted by molar-refractivity contribution is 0.0944. The van der Waals surface area contributed by atoms with Crippen LogP contribution in [-0.2, 0) is 0 Å². The molecule has 1 fully saturated rings. The molecule has 1 aromatic heterocycles. The predicted molar refractivity (Wildman–Crippen MR) is 71.1 cm³/mol. The summed E-state index contributed by atoms with van der Waals surface area (Å²) in [4.78, 5) is 16.2. The molecule has 4 N–H and O–H groups in total. The van der Waals surface area contributed by atoms with Crippen molar-refractivity contribution >= 4 is 11.7 Å². The summed E-state index contributed by atoms with van der Waals surface area (Å²) in [6.07, 6.45) is 3.56. The van der Waals surface area contributed by atoms with Crippen LogP contribution in [0.5, 0.6) is 0 Å². The minimum absolute atomic E-state index is 0.0586. The third-order valence-corrected chi connectivity index (χ3v) is 3.69. The van der Waals surface area contributed by atoms with E-state index in [0.29, 0.717) is 16.8 Å². The van der Waals surface area contributed by atoms with Gasteiger partial charge in [-0.15, -0.1) is 0 Å². The summed E-state index contributed by atoms with van der Waals surface area (Å²) in [5.41, 5.74) is 4.19. The molecule has 18 heavy (non-hydrogen) atoms. The number of carbonyl (C=O) groups excluding carboxylic acids is 1. The third kappa shape index (κ3) is 2.79. The van der Waals surface area contributed by atoms with Crippen molar-refractivity contribution in [2.24, 2.45) is 11.3 Å². The molecule has 1 heterocycles. The van der Waals surface area contributed by atoms with Gasteiger partial charge in [0.2, 0.25) is 0 Å². The maximum absolute atomic E-state index is 12.0. The molecule has 1 aromatic rings. The van der Waals surface area contributed by atoms with Crippen LogP contribution in [0.2, 0.25) is 0 Å². The van der Waals surface area contributed by atoms with Gasteiger partial charge in [-0.2, -0.15) is 0 Å². The largest absolute Gasteiger partial charge is 0.351 e. The van der Waals surface area contributed by atoms with Crippen LogP contribution in [0.1, 0.15) is 42.2 Å². The smallest absolute Gasteiger partial charge is 0.251 e. The van der Waals surface area contributed by atoms with Crippen molar-refractivity contribution in [3.05, 3.63) is 23.4 Å². The van der Waals surface area contributed by atoms with Crippen LogP contribution in [0.3, 0.4) is 0 Å². The molecule has 0 saturated heterocycles. The molecule has 0 bridgehead atoms. The summed E-state index contributed by atoms with van der Waals surface area (Å²) >= 11 is 0. The fraction of sp³-hybridized carbons (Fsp3) is 0.538. The number of nitrogen functional groups attached to an aromatic ring is 1. The fourth-order valence-corrected chi connectivity index (χ4v) is 2.08. The van der Waals surface area contributed by atoms with E-state index in [-0.39, 0.29) is 5.91 Å². The highest BCUT2D eigenvalue weighted by Crippen LogP contribution is 2.47. The van der Waals surface area contributed by atoms with Gasteiger partial charge >= 0.3 is 0 Å². The number of aromatic nitrogens is 1. The molecule has 1 aliphatic carbocycles. The highest BCUT2D eigenvalue weighted by atomic mass is 16.1. The number of nitrogens with one attached hydrogen (secondary N) is 2. The molecule has 0 radical (unpaired) electrons. The van der Waals surface area contributed by atoms with Gasteiger partial charge in [-0.3, -0.25) is 4.79 Å². The lowest BCUT2D eigenvalue weighted by Gasteiger charge is -2.14. The van der Waals surface area contributed by atoms with Crippen molar-refractivity contribution in [3.8, 4) is 0 Å². The highest BCUT2D eigenvalue weighted by Gasteiger charge is 2.40. The number of nitrogens with two attached hydrogens (primary N) is 1. The predicted octanol–water partition coefficient (Wildman–Crippen LogP) is 1.60. The van der Waals surface area contributed by atoms with Gasteiger partial charge in [0, 0.05) is 17.8 Å². The van der Waals surface area contributed by atoms with Crippen molar-refractivity contribution in [3.63, 3.8) is 0 Å². The number of hydrogen-bond acceptors (Lipinski definition) is 4. The van der Waals surface area contributed by atoms with Crippen LogP contribution in [-0.4, -0.2) is 17.4 Å².